The highest BCUT2D eigenvalue weighted by Crippen LogP contribution is 2.26. The van der Waals surface area contributed by atoms with Crippen LogP contribution in [0.25, 0.3) is 11.1 Å². The van der Waals surface area contributed by atoms with Crippen molar-refractivity contribution in [1.29, 1.82) is 0 Å². The normalized spacial score (nSPS) is 11.0. The van der Waals surface area contributed by atoms with Gasteiger partial charge in [-0.2, -0.15) is 0 Å². The van der Waals surface area contributed by atoms with Gasteiger partial charge in [-0.15, -0.1) is 0 Å². The molecule has 2 nitrogen and oxygen atoms in total. The predicted molar refractivity (Wildman–Crippen MR) is 76.3 cm³/mol. The van der Waals surface area contributed by atoms with Crippen LogP contribution >= 0.6 is 0 Å². The Labute approximate surface area is 113 Å². The Morgan fingerprint density at radius 3 is 2.68 bits per heavy atom. The van der Waals surface area contributed by atoms with Gasteiger partial charge in [0, 0.05) is 36.1 Å². The zero-order valence-corrected chi connectivity index (χ0v) is 11.6. The maximum absolute atomic E-state index is 14.0. The molecule has 19 heavy (non-hydrogen) atoms. The molecule has 0 aliphatic rings. The van der Waals surface area contributed by atoms with Gasteiger partial charge in [0.1, 0.15) is 5.82 Å². The third-order valence-electron chi connectivity index (χ3n) is 3.07. The Bertz CT molecular complexity index is 564. The van der Waals surface area contributed by atoms with Gasteiger partial charge >= 0.3 is 0 Å². The van der Waals surface area contributed by atoms with Crippen molar-refractivity contribution < 1.29 is 4.39 Å². The van der Waals surface area contributed by atoms with E-state index in [9.17, 15) is 4.39 Å². The zero-order chi connectivity index (χ0) is 13.8. The standard InChI is InChI=1S/C16H19FN2/c1-11(2)19-9-13-4-5-16(17)14(8-13)15-10-18-7-6-12(15)3/h4-8,10-11,19H,9H2,1-3H3. The summed E-state index contributed by atoms with van der Waals surface area (Å²) in [6.07, 6.45) is 3.44. The molecule has 0 saturated heterocycles. The number of aryl methyl sites for hydroxylation is 1. The first-order chi connectivity index (χ1) is 9.08. The fourth-order valence-electron chi connectivity index (χ4n) is 1.96. The predicted octanol–water partition coefficient (Wildman–Crippen LogP) is 3.69. The van der Waals surface area contributed by atoms with Crippen LogP contribution in [0.15, 0.2) is 36.7 Å². The van der Waals surface area contributed by atoms with Gasteiger partial charge in [0.05, 0.1) is 0 Å². The Hall–Kier alpha value is -1.74. The molecule has 0 unspecified atom stereocenters. The molecule has 0 bridgehead atoms. The Kier molecular flexibility index (Phi) is 4.27. The lowest BCUT2D eigenvalue weighted by molar-refractivity contribution is 0.586. The number of aromatic nitrogens is 1. The highest BCUT2D eigenvalue weighted by atomic mass is 19.1. The van der Waals surface area contributed by atoms with Crippen LogP contribution < -0.4 is 5.32 Å². The van der Waals surface area contributed by atoms with Crippen molar-refractivity contribution in [2.45, 2.75) is 33.4 Å². The lowest BCUT2D eigenvalue weighted by Gasteiger charge is -2.11. The highest BCUT2D eigenvalue weighted by Gasteiger charge is 2.09. The van der Waals surface area contributed by atoms with Crippen LogP contribution in [0.4, 0.5) is 4.39 Å². The molecule has 0 radical (unpaired) electrons. The third kappa shape index (κ3) is 3.38. The van der Waals surface area contributed by atoms with Crippen molar-refractivity contribution in [3.8, 4) is 11.1 Å². The molecule has 2 rings (SSSR count). The second-order valence-electron chi connectivity index (χ2n) is 5.04. The fourth-order valence-corrected chi connectivity index (χ4v) is 1.96. The van der Waals surface area contributed by atoms with E-state index in [0.717, 1.165) is 23.2 Å². The smallest absolute Gasteiger partial charge is 0.131 e. The van der Waals surface area contributed by atoms with E-state index in [0.29, 0.717) is 11.6 Å². The second-order valence-corrected chi connectivity index (χ2v) is 5.04. The van der Waals surface area contributed by atoms with Crippen molar-refractivity contribution in [1.82, 2.24) is 10.3 Å². The van der Waals surface area contributed by atoms with Crippen LogP contribution in [0.5, 0.6) is 0 Å². The van der Waals surface area contributed by atoms with E-state index in [1.165, 1.54) is 6.07 Å². The number of benzene rings is 1. The van der Waals surface area contributed by atoms with Crippen LogP contribution in [0.2, 0.25) is 0 Å². The first kappa shape index (κ1) is 13.7. The van der Waals surface area contributed by atoms with E-state index in [1.54, 1.807) is 12.4 Å². The van der Waals surface area contributed by atoms with E-state index < -0.39 is 0 Å². The first-order valence-corrected chi connectivity index (χ1v) is 6.50. The lowest BCUT2D eigenvalue weighted by atomic mass is 10.0. The zero-order valence-electron chi connectivity index (χ0n) is 11.6. The van der Waals surface area contributed by atoms with Gasteiger partial charge in [0.15, 0.2) is 0 Å². The topological polar surface area (TPSA) is 24.9 Å². The molecule has 0 amide bonds. The first-order valence-electron chi connectivity index (χ1n) is 6.50. The minimum absolute atomic E-state index is 0.204. The summed E-state index contributed by atoms with van der Waals surface area (Å²) < 4.78 is 14.0. The molecule has 0 fully saturated rings. The molecule has 0 aliphatic heterocycles. The van der Waals surface area contributed by atoms with Crippen LogP contribution in [-0.2, 0) is 6.54 Å². The van der Waals surface area contributed by atoms with Crippen LogP contribution in [0, 0.1) is 12.7 Å². The number of rotatable bonds is 4. The molecule has 1 aromatic heterocycles. The van der Waals surface area contributed by atoms with E-state index >= 15 is 0 Å². The van der Waals surface area contributed by atoms with Gasteiger partial charge < -0.3 is 5.32 Å². The number of hydrogen-bond acceptors (Lipinski definition) is 2. The molecule has 0 aliphatic carbocycles. The van der Waals surface area contributed by atoms with Crippen molar-refractivity contribution in [3.63, 3.8) is 0 Å². The van der Waals surface area contributed by atoms with Gasteiger partial charge in [-0.05, 0) is 36.2 Å². The molecule has 0 saturated carbocycles. The molecule has 100 valence electrons. The number of hydrogen-bond donors (Lipinski definition) is 1. The van der Waals surface area contributed by atoms with Crippen LogP contribution in [-0.4, -0.2) is 11.0 Å². The van der Waals surface area contributed by atoms with Crippen molar-refractivity contribution >= 4 is 0 Å². The van der Waals surface area contributed by atoms with Gasteiger partial charge in [-0.3, -0.25) is 4.98 Å². The average molecular weight is 258 g/mol. The number of nitrogens with one attached hydrogen (secondary N) is 1. The molecule has 0 spiro atoms. The summed E-state index contributed by atoms with van der Waals surface area (Å²) in [6, 6.07) is 7.55. The van der Waals surface area contributed by atoms with E-state index in [2.05, 4.69) is 24.1 Å². The second kappa shape index (κ2) is 5.93. The lowest BCUT2D eigenvalue weighted by Crippen LogP contribution is -2.21. The molecule has 1 aromatic carbocycles. The summed E-state index contributed by atoms with van der Waals surface area (Å²) in [5, 5.41) is 3.34. The Balaban J connectivity index is 2.35. The van der Waals surface area contributed by atoms with E-state index in [4.69, 9.17) is 0 Å². The monoisotopic (exact) mass is 258 g/mol. The number of halogens is 1. The molecule has 1 heterocycles. The Morgan fingerprint density at radius 2 is 2.00 bits per heavy atom. The largest absolute Gasteiger partial charge is 0.310 e. The van der Waals surface area contributed by atoms with E-state index in [-0.39, 0.29) is 5.82 Å². The maximum Gasteiger partial charge on any atom is 0.131 e. The van der Waals surface area contributed by atoms with Gasteiger partial charge in [-0.1, -0.05) is 19.9 Å². The molecular weight excluding hydrogens is 239 g/mol. The SMILES string of the molecule is Cc1ccncc1-c1cc(CNC(C)C)ccc1F. The molecule has 0 atom stereocenters. The molecule has 3 heteroatoms. The number of nitrogens with zero attached hydrogens (tertiary/aromatic N) is 1. The summed E-state index contributed by atoms with van der Waals surface area (Å²) >= 11 is 0. The Morgan fingerprint density at radius 1 is 1.21 bits per heavy atom. The summed E-state index contributed by atoms with van der Waals surface area (Å²) in [5.74, 6) is -0.204. The fraction of sp³-hybridized carbons (Fsp3) is 0.312. The summed E-state index contributed by atoms with van der Waals surface area (Å²) in [5.41, 5.74) is 3.58. The van der Waals surface area contributed by atoms with Gasteiger partial charge in [-0.25, -0.2) is 4.39 Å². The summed E-state index contributed by atoms with van der Waals surface area (Å²) in [6.45, 7) is 6.89. The minimum Gasteiger partial charge on any atom is -0.310 e. The quantitative estimate of drug-likeness (QED) is 0.904. The number of pyridine rings is 1. The summed E-state index contributed by atoms with van der Waals surface area (Å²) in [4.78, 5) is 4.08. The summed E-state index contributed by atoms with van der Waals surface area (Å²) in [7, 11) is 0. The maximum atomic E-state index is 14.0. The minimum atomic E-state index is -0.204. The third-order valence-corrected chi connectivity index (χ3v) is 3.07. The average Bonchev–Trinajstić information content (AvgIpc) is 2.38. The molecular formula is C16H19FN2. The highest BCUT2D eigenvalue weighted by molar-refractivity contribution is 5.67. The van der Waals surface area contributed by atoms with E-state index in [1.807, 2.05) is 25.1 Å². The van der Waals surface area contributed by atoms with Gasteiger partial charge in [0.2, 0.25) is 0 Å². The van der Waals surface area contributed by atoms with Crippen LogP contribution in [0.1, 0.15) is 25.0 Å². The van der Waals surface area contributed by atoms with Gasteiger partial charge in [0.25, 0.3) is 0 Å². The van der Waals surface area contributed by atoms with Crippen molar-refractivity contribution in [2.75, 3.05) is 0 Å². The van der Waals surface area contributed by atoms with Crippen LogP contribution in [0.3, 0.4) is 0 Å². The molecule has 2 aromatic rings. The molecule has 1 N–H and O–H groups in total. The van der Waals surface area contributed by atoms with Crippen molar-refractivity contribution in [2.24, 2.45) is 0 Å². The van der Waals surface area contributed by atoms with Crippen molar-refractivity contribution in [3.05, 3.63) is 53.6 Å².